The second-order valence-corrected chi connectivity index (χ2v) is 7.72. The van der Waals surface area contributed by atoms with Gasteiger partial charge in [-0.2, -0.15) is 0 Å². The first-order valence-corrected chi connectivity index (χ1v) is 8.12. The molecule has 0 aliphatic rings. The summed E-state index contributed by atoms with van der Waals surface area (Å²) in [6.45, 7) is 18.3. The first-order valence-electron chi connectivity index (χ1n) is 8.12. The number of carbonyl (C=O) groups is 1. The van der Waals surface area contributed by atoms with Crippen molar-refractivity contribution in [1.82, 2.24) is 4.90 Å². The zero-order valence-electron chi connectivity index (χ0n) is 15.4. The van der Waals surface area contributed by atoms with Crippen molar-refractivity contribution >= 4 is 5.91 Å². The number of hydrogen-bond donors (Lipinski definition) is 0. The Hall–Kier alpha value is -1.05. The lowest BCUT2D eigenvalue weighted by Gasteiger charge is -2.30. The molecule has 1 amide bonds. The summed E-state index contributed by atoms with van der Waals surface area (Å²) in [5.74, 6) is 0.736. The molecular formula is C19H35NO. The minimum Gasteiger partial charge on any atom is -0.338 e. The molecule has 0 unspecified atom stereocenters. The highest BCUT2D eigenvalue weighted by molar-refractivity contribution is 5.81. The Labute approximate surface area is 132 Å². The van der Waals surface area contributed by atoms with Gasteiger partial charge in [-0.3, -0.25) is 4.79 Å². The monoisotopic (exact) mass is 293 g/mol. The number of rotatable bonds is 7. The van der Waals surface area contributed by atoms with Gasteiger partial charge in [0.1, 0.15) is 0 Å². The van der Waals surface area contributed by atoms with E-state index in [9.17, 15) is 4.79 Å². The average molecular weight is 293 g/mol. The molecule has 0 aliphatic heterocycles. The summed E-state index contributed by atoms with van der Waals surface area (Å²) in [5, 5.41) is 0. The van der Waals surface area contributed by atoms with Gasteiger partial charge in [-0.25, -0.2) is 0 Å². The second-order valence-electron chi connectivity index (χ2n) is 7.72. The van der Waals surface area contributed by atoms with Crippen molar-refractivity contribution in [2.75, 3.05) is 13.1 Å². The van der Waals surface area contributed by atoms with Crippen LogP contribution < -0.4 is 0 Å². The number of amides is 1. The van der Waals surface area contributed by atoms with Crippen LogP contribution in [0.25, 0.3) is 0 Å². The molecule has 0 heterocycles. The lowest BCUT2D eigenvalue weighted by molar-refractivity contribution is -0.139. The van der Waals surface area contributed by atoms with Crippen molar-refractivity contribution in [3.8, 4) is 0 Å². The lowest BCUT2D eigenvalue weighted by atomic mass is 9.94. The van der Waals surface area contributed by atoms with Crippen LogP contribution in [0.15, 0.2) is 23.3 Å². The predicted octanol–water partition coefficient (Wildman–Crippen LogP) is 5.21. The molecule has 0 radical (unpaired) electrons. The quantitative estimate of drug-likeness (QED) is 0.590. The molecular weight excluding hydrogens is 258 g/mol. The Kier molecular flexibility index (Phi) is 8.61. The van der Waals surface area contributed by atoms with Crippen molar-refractivity contribution in [3.05, 3.63) is 23.3 Å². The van der Waals surface area contributed by atoms with Crippen LogP contribution in [0.3, 0.4) is 0 Å². The standard InChI is InChI=1S/C19H35NO/c1-15(2)10-9-11-17(5)12-13-20(14-16(3)4)18(21)19(6,7)8/h10,12,16H,9,11,13-14H2,1-8H3/b17-12+. The number of hydrogen-bond acceptors (Lipinski definition) is 1. The van der Waals surface area contributed by atoms with E-state index in [2.05, 4.69) is 46.8 Å². The third kappa shape index (κ3) is 9.49. The SMILES string of the molecule is CC(C)=CCC/C(C)=C/CN(CC(C)C)C(=O)C(C)(C)C. The summed E-state index contributed by atoms with van der Waals surface area (Å²) < 4.78 is 0. The first-order chi connectivity index (χ1) is 9.54. The van der Waals surface area contributed by atoms with Crippen LogP contribution in [0.4, 0.5) is 0 Å². The molecule has 0 spiro atoms. The van der Waals surface area contributed by atoms with Crippen LogP contribution >= 0.6 is 0 Å². The summed E-state index contributed by atoms with van der Waals surface area (Å²) in [6.07, 6.45) is 6.64. The van der Waals surface area contributed by atoms with E-state index in [0.717, 1.165) is 25.9 Å². The van der Waals surface area contributed by atoms with Gasteiger partial charge in [-0.15, -0.1) is 0 Å². The third-order valence-electron chi connectivity index (χ3n) is 3.27. The zero-order chi connectivity index (χ0) is 16.6. The molecule has 0 aliphatic carbocycles. The van der Waals surface area contributed by atoms with Crippen LogP contribution in [-0.4, -0.2) is 23.9 Å². The summed E-state index contributed by atoms with van der Waals surface area (Å²) in [5.41, 5.74) is 2.42. The average Bonchev–Trinajstić information content (AvgIpc) is 2.31. The van der Waals surface area contributed by atoms with Gasteiger partial charge in [0.25, 0.3) is 0 Å². The maximum Gasteiger partial charge on any atom is 0.228 e. The van der Waals surface area contributed by atoms with Gasteiger partial charge in [0.2, 0.25) is 5.91 Å². The Morgan fingerprint density at radius 3 is 2.10 bits per heavy atom. The largest absolute Gasteiger partial charge is 0.338 e. The molecule has 0 N–H and O–H groups in total. The molecule has 122 valence electrons. The van der Waals surface area contributed by atoms with Crippen molar-refractivity contribution in [3.63, 3.8) is 0 Å². The molecule has 0 fully saturated rings. The normalized spacial score (nSPS) is 12.5. The number of carbonyl (C=O) groups excluding carboxylic acids is 1. The predicted molar refractivity (Wildman–Crippen MR) is 93.3 cm³/mol. The van der Waals surface area contributed by atoms with E-state index in [1.807, 2.05) is 25.7 Å². The van der Waals surface area contributed by atoms with Crippen LogP contribution in [0.1, 0.15) is 68.2 Å². The number of nitrogens with zero attached hydrogens (tertiary/aromatic N) is 1. The van der Waals surface area contributed by atoms with Crippen LogP contribution in [0.2, 0.25) is 0 Å². The summed E-state index contributed by atoms with van der Waals surface area (Å²) in [7, 11) is 0. The molecule has 0 aromatic rings. The first kappa shape index (κ1) is 19.9. The van der Waals surface area contributed by atoms with Gasteiger partial charge < -0.3 is 4.90 Å². The van der Waals surface area contributed by atoms with E-state index in [1.54, 1.807) is 0 Å². The van der Waals surface area contributed by atoms with Crippen LogP contribution in [0, 0.1) is 11.3 Å². The Morgan fingerprint density at radius 2 is 1.67 bits per heavy atom. The Balaban J connectivity index is 4.68. The lowest BCUT2D eigenvalue weighted by Crippen LogP contribution is -2.41. The topological polar surface area (TPSA) is 20.3 Å². The van der Waals surface area contributed by atoms with Crippen LogP contribution in [-0.2, 0) is 4.79 Å². The van der Waals surface area contributed by atoms with Crippen molar-refractivity contribution < 1.29 is 4.79 Å². The molecule has 0 atom stereocenters. The van der Waals surface area contributed by atoms with Crippen molar-refractivity contribution in [1.29, 1.82) is 0 Å². The summed E-state index contributed by atoms with van der Waals surface area (Å²) in [6, 6.07) is 0. The molecule has 0 saturated carbocycles. The molecule has 2 nitrogen and oxygen atoms in total. The molecule has 21 heavy (non-hydrogen) atoms. The maximum atomic E-state index is 12.5. The van der Waals surface area contributed by atoms with Gasteiger partial charge in [-0.1, -0.05) is 57.9 Å². The molecule has 2 heteroatoms. The minimum absolute atomic E-state index is 0.240. The maximum absolute atomic E-state index is 12.5. The van der Waals surface area contributed by atoms with E-state index in [0.29, 0.717) is 5.92 Å². The van der Waals surface area contributed by atoms with E-state index >= 15 is 0 Å². The third-order valence-corrected chi connectivity index (χ3v) is 3.27. The smallest absolute Gasteiger partial charge is 0.228 e. The van der Waals surface area contributed by atoms with E-state index in [4.69, 9.17) is 0 Å². The molecule has 0 aromatic carbocycles. The fraction of sp³-hybridized carbons (Fsp3) is 0.737. The van der Waals surface area contributed by atoms with Crippen molar-refractivity contribution in [2.24, 2.45) is 11.3 Å². The summed E-state index contributed by atoms with van der Waals surface area (Å²) >= 11 is 0. The van der Waals surface area contributed by atoms with Gasteiger partial charge in [0.05, 0.1) is 0 Å². The molecule has 0 saturated heterocycles. The van der Waals surface area contributed by atoms with E-state index < -0.39 is 0 Å². The molecule has 0 rings (SSSR count). The van der Waals surface area contributed by atoms with Gasteiger partial charge in [0.15, 0.2) is 0 Å². The van der Waals surface area contributed by atoms with E-state index in [1.165, 1.54) is 11.1 Å². The van der Waals surface area contributed by atoms with Gasteiger partial charge in [0, 0.05) is 18.5 Å². The zero-order valence-corrected chi connectivity index (χ0v) is 15.4. The minimum atomic E-state index is -0.307. The van der Waals surface area contributed by atoms with E-state index in [-0.39, 0.29) is 11.3 Å². The fourth-order valence-corrected chi connectivity index (χ4v) is 2.11. The fourth-order valence-electron chi connectivity index (χ4n) is 2.11. The van der Waals surface area contributed by atoms with Crippen molar-refractivity contribution in [2.45, 2.75) is 68.2 Å². The molecule has 0 aromatic heterocycles. The van der Waals surface area contributed by atoms with Gasteiger partial charge in [-0.05, 0) is 39.5 Å². The molecule has 0 bridgehead atoms. The Morgan fingerprint density at radius 1 is 1.10 bits per heavy atom. The summed E-state index contributed by atoms with van der Waals surface area (Å²) in [4.78, 5) is 14.5. The Bertz CT molecular complexity index is 379. The number of allylic oxidation sites excluding steroid dienone is 3. The second kappa shape index (κ2) is 9.07. The van der Waals surface area contributed by atoms with Crippen LogP contribution in [0.5, 0.6) is 0 Å². The highest BCUT2D eigenvalue weighted by Crippen LogP contribution is 2.19. The highest BCUT2D eigenvalue weighted by atomic mass is 16.2. The van der Waals surface area contributed by atoms with Gasteiger partial charge >= 0.3 is 0 Å². The highest BCUT2D eigenvalue weighted by Gasteiger charge is 2.26.